The highest BCUT2D eigenvalue weighted by Crippen LogP contribution is 2.32. The number of benzene rings is 1. The zero-order valence-electron chi connectivity index (χ0n) is 15.6. The molecule has 1 saturated heterocycles. The molecule has 2 aliphatic heterocycles. The normalized spacial score (nSPS) is 19.0. The first-order valence-electron chi connectivity index (χ1n) is 9.68. The van der Waals surface area contributed by atoms with Gasteiger partial charge in [-0.3, -0.25) is 9.69 Å². The Morgan fingerprint density at radius 3 is 2.93 bits per heavy atom. The molecule has 1 N–H and O–H groups in total. The Bertz CT molecular complexity index is 737. The summed E-state index contributed by atoms with van der Waals surface area (Å²) in [6, 6.07) is 11.4. The summed E-state index contributed by atoms with van der Waals surface area (Å²) >= 11 is 1.56. The van der Waals surface area contributed by atoms with Crippen molar-refractivity contribution in [2.75, 3.05) is 37.6 Å². The number of piperazine rings is 1. The van der Waals surface area contributed by atoms with E-state index in [1.807, 2.05) is 16.8 Å². The predicted octanol–water partition coefficient (Wildman–Crippen LogP) is 3.82. The fourth-order valence-electron chi connectivity index (χ4n) is 4.17. The van der Waals surface area contributed by atoms with Crippen LogP contribution in [0.3, 0.4) is 0 Å². The van der Waals surface area contributed by atoms with Gasteiger partial charge in [0.15, 0.2) is 0 Å². The molecule has 0 saturated carbocycles. The molecule has 1 atom stereocenters. The van der Waals surface area contributed by atoms with Crippen molar-refractivity contribution in [3.05, 3.63) is 52.2 Å². The second kappa shape index (κ2) is 9.58. The van der Waals surface area contributed by atoms with Gasteiger partial charge in [0.05, 0.1) is 0 Å². The molecule has 2 aliphatic rings. The fraction of sp³-hybridized carbons (Fsp3) is 0.476. The van der Waals surface area contributed by atoms with Gasteiger partial charge in [-0.05, 0) is 55.3 Å². The molecule has 3 heterocycles. The van der Waals surface area contributed by atoms with Crippen LogP contribution in [0, 0.1) is 0 Å². The second-order valence-electron chi connectivity index (χ2n) is 7.29. The highest BCUT2D eigenvalue weighted by atomic mass is 35.5. The van der Waals surface area contributed by atoms with Gasteiger partial charge in [0.1, 0.15) is 0 Å². The summed E-state index contributed by atoms with van der Waals surface area (Å²) in [6.07, 6.45) is 4.67. The van der Waals surface area contributed by atoms with E-state index in [9.17, 15) is 4.79 Å². The number of aryl methyl sites for hydroxylation is 1. The molecule has 6 heteroatoms. The maximum atomic E-state index is 11.9. The van der Waals surface area contributed by atoms with Crippen LogP contribution < -0.4 is 10.2 Å². The maximum Gasteiger partial charge on any atom is 0.252 e. The lowest BCUT2D eigenvalue weighted by molar-refractivity contribution is 0.0953. The molecule has 0 aliphatic carbocycles. The zero-order chi connectivity index (χ0) is 17.8. The van der Waals surface area contributed by atoms with Crippen molar-refractivity contribution in [1.82, 2.24) is 10.2 Å². The van der Waals surface area contributed by atoms with Gasteiger partial charge in [0.25, 0.3) is 5.91 Å². The van der Waals surface area contributed by atoms with Crippen molar-refractivity contribution in [2.45, 2.75) is 31.7 Å². The molecule has 0 spiro atoms. The lowest BCUT2D eigenvalue weighted by atomic mass is 9.94. The molecule has 2 aromatic rings. The van der Waals surface area contributed by atoms with Crippen molar-refractivity contribution in [3.8, 4) is 0 Å². The first-order valence-corrected chi connectivity index (χ1v) is 10.6. The van der Waals surface area contributed by atoms with E-state index in [2.05, 4.69) is 39.4 Å². The number of halogens is 1. The van der Waals surface area contributed by atoms with E-state index in [0.29, 0.717) is 6.04 Å². The molecular formula is C21H28ClN3OS. The number of rotatable bonds is 6. The third-order valence-electron chi connectivity index (χ3n) is 5.58. The molecule has 0 bridgehead atoms. The number of thiophene rings is 1. The number of para-hydroxylation sites is 1. The molecule has 1 fully saturated rings. The minimum atomic E-state index is 0. The summed E-state index contributed by atoms with van der Waals surface area (Å²) in [5.41, 5.74) is 3.75. The molecule has 1 aromatic carbocycles. The van der Waals surface area contributed by atoms with Gasteiger partial charge in [-0.25, -0.2) is 0 Å². The second-order valence-corrected chi connectivity index (χ2v) is 8.07. The van der Waals surface area contributed by atoms with Crippen molar-refractivity contribution in [3.63, 3.8) is 0 Å². The van der Waals surface area contributed by atoms with Crippen LogP contribution in [0.15, 0.2) is 41.1 Å². The molecule has 1 unspecified atom stereocenters. The van der Waals surface area contributed by atoms with Crippen molar-refractivity contribution < 1.29 is 4.79 Å². The number of carbonyl (C=O) groups is 1. The van der Waals surface area contributed by atoms with Crippen LogP contribution in [-0.2, 0) is 6.42 Å². The number of carbonyl (C=O) groups excluding carboxylic acids is 1. The minimum Gasteiger partial charge on any atom is -0.366 e. The number of fused-ring (bicyclic) bond motifs is 3. The van der Waals surface area contributed by atoms with Crippen molar-refractivity contribution in [1.29, 1.82) is 0 Å². The number of hydrogen-bond donors (Lipinski definition) is 1. The molecule has 27 heavy (non-hydrogen) atoms. The van der Waals surface area contributed by atoms with E-state index in [1.165, 1.54) is 30.6 Å². The summed E-state index contributed by atoms with van der Waals surface area (Å²) in [6.45, 7) is 5.37. The molecule has 0 radical (unpaired) electrons. The smallest absolute Gasteiger partial charge is 0.252 e. The highest BCUT2D eigenvalue weighted by molar-refractivity contribution is 7.08. The Balaban J connectivity index is 0.00000210. The van der Waals surface area contributed by atoms with Gasteiger partial charge >= 0.3 is 0 Å². The van der Waals surface area contributed by atoms with Crippen LogP contribution in [0.1, 0.15) is 35.2 Å². The van der Waals surface area contributed by atoms with E-state index >= 15 is 0 Å². The summed E-state index contributed by atoms with van der Waals surface area (Å²) in [5.74, 6) is 0.0562. The van der Waals surface area contributed by atoms with Crippen LogP contribution in [0.25, 0.3) is 0 Å². The monoisotopic (exact) mass is 405 g/mol. The summed E-state index contributed by atoms with van der Waals surface area (Å²) in [4.78, 5) is 17.1. The molecular weight excluding hydrogens is 378 g/mol. The average molecular weight is 406 g/mol. The molecule has 4 nitrogen and oxygen atoms in total. The zero-order valence-corrected chi connectivity index (χ0v) is 17.2. The van der Waals surface area contributed by atoms with Gasteiger partial charge in [0, 0.05) is 48.9 Å². The van der Waals surface area contributed by atoms with Gasteiger partial charge < -0.3 is 10.2 Å². The third kappa shape index (κ3) is 4.84. The number of hydrogen-bond acceptors (Lipinski definition) is 4. The molecule has 146 valence electrons. The molecule has 1 aromatic heterocycles. The Hall–Kier alpha value is -1.56. The van der Waals surface area contributed by atoms with Crippen molar-refractivity contribution >= 4 is 35.3 Å². The Labute approximate surface area is 172 Å². The van der Waals surface area contributed by atoms with Gasteiger partial charge in [-0.15, -0.1) is 12.4 Å². The Kier molecular flexibility index (Phi) is 7.16. The SMILES string of the molecule is Cl.O=C(NCCCCN1CCN2c3ccccc3CCC2C1)c1ccsc1. The maximum absolute atomic E-state index is 11.9. The van der Waals surface area contributed by atoms with Crippen molar-refractivity contribution in [2.24, 2.45) is 0 Å². The molecule has 1 amide bonds. The van der Waals surface area contributed by atoms with Gasteiger partial charge in [-0.2, -0.15) is 11.3 Å². The summed E-state index contributed by atoms with van der Waals surface area (Å²) in [7, 11) is 0. The fourth-order valence-corrected chi connectivity index (χ4v) is 4.81. The molecule has 4 rings (SSSR count). The van der Waals surface area contributed by atoms with E-state index in [1.54, 1.807) is 11.3 Å². The van der Waals surface area contributed by atoms with Gasteiger partial charge in [0.2, 0.25) is 0 Å². The van der Waals surface area contributed by atoms with E-state index in [4.69, 9.17) is 0 Å². The van der Waals surface area contributed by atoms with Crippen LogP contribution in [0.5, 0.6) is 0 Å². The standard InChI is InChI=1S/C21H27N3OS.ClH/c25-21(18-9-14-26-16-18)22-10-3-4-11-23-12-13-24-19(15-23)8-7-17-5-1-2-6-20(17)24;/h1-2,5-6,9,14,16,19H,3-4,7-8,10-13,15H2,(H,22,25);1H. The topological polar surface area (TPSA) is 35.6 Å². The summed E-state index contributed by atoms with van der Waals surface area (Å²) < 4.78 is 0. The van der Waals surface area contributed by atoms with Crippen LogP contribution in [-0.4, -0.2) is 49.6 Å². The average Bonchev–Trinajstić information content (AvgIpc) is 3.22. The Morgan fingerprint density at radius 2 is 2.07 bits per heavy atom. The van der Waals surface area contributed by atoms with E-state index in [0.717, 1.165) is 44.6 Å². The van der Waals surface area contributed by atoms with Gasteiger partial charge in [-0.1, -0.05) is 18.2 Å². The predicted molar refractivity (Wildman–Crippen MR) is 115 cm³/mol. The lowest BCUT2D eigenvalue weighted by Gasteiger charge is -2.46. The number of unbranched alkanes of at least 4 members (excludes halogenated alkanes) is 1. The first-order chi connectivity index (χ1) is 12.8. The quantitative estimate of drug-likeness (QED) is 0.742. The van der Waals surface area contributed by atoms with Crippen LogP contribution >= 0.6 is 23.7 Å². The van der Waals surface area contributed by atoms with Crippen LogP contribution in [0.2, 0.25) is 0 Å². The Morgan fingerprint density at radius 1 is 1.19 bits per heavy atom. The number of nitrogens with one attached hydrogen (secondary N) is 1. The first kappa shape index (κ1) is 20.2. The minimum absolute atomic E-state index is 0. The summed E-state index contributed by atoms with van der Waals surface area (Å²) in [5, 5.41) is 6.86. The number of nitrogens with zero attached hydrogens (tertiary/aromatic N) is 2. The largest absolute Gasteiger partial charge is 0.366 e. The number of amides is 1. The highest BCUT2D eigenvalue weighted by Gasteiger charge is 2.30. The number of anilines is 1. The van der Waals surface area contributed by atoms with Crippen LogP contribution in [0.4, 0.5) is 5.69 Å². The lowest BCUT2D eigenvalue weighted by Crippen LogP contribution is -2.55. The van der Waals surface area contributed by atoms with E-state index < -0.39 is 0 Å². The van der Waals surface area contributed by atoms with E-state index in [-0.39, 0.29) is 18.3 Å². The third-order valence-corrected chi connectivity index (χ3v) is 6.27.